The van der Waals surface area contributed by atoms with Gasteiger partial charge in [0.1, 0.15) is 6.10 Å². The van der Waals surface area contributed by atoms with Crippen LogP contribution >= 0.6 is 0 Å². The summed E-state index contributed by atoms with van der Waals surface area (Å²) in [5, 5.41) is 10.4. The maximum atomic E-state index is 11.9. The lowest BCUT2D eigenvalue weighted by molar-refractivity contribution is -0.151. The van der Waals surface area contributed by atoms with Crippen molar-refractivity contribution in [1.82, 2.24) is 0 Å². The molecule has 0 amide bonds. The van der Waals surface area contributed by atoms with Gasteiger partial charge in [-0.3, -0.25) is 4.79 Å². The highest BCUT2D eigenvalue weighted by Crippen LogP contribution is 2.67. The Morgan fingerprint density at radius 1 is 1.09 bits per heavy atom. The van der Waals surface area contributed by atoms with Crippen molar-refractivity contribution in [3.05, 3.63) is 11.6 Å². The molecule has 4 aliphatic rings. The normalized spacial score (nSPS) is 42.1. The minimum Gasteiger partial charge on any atom is -0.462 e. The maximum absolute atomic E-state index is 11.9. The van der Waals surface area contributed by atoms with E-state index in [9.17, 15) is 9.90 Å². The summed E-state index contributed by atoms with van der Waals surface area (Å²) in [6.07, 6.45) is 15.0. The number of carbonyl (C=O) groups is 1. The first-order valence-electron chi connectivity index (χ1n) is 14.2. The molecule has 1 unspecified atom stereocenters. The van der Waals surface area contributed by atoms with Gasteiger partial charge in [-0.2, -0.15) is 0 Å². The zero-order valence-corrected chi connectivity index (χ0v) is 22.2. The number of ether oxygens (including phenoxy) is 1. The topological polar surface area (TPSA) is 46.5 Å². The van der Waals surface area contributed by atoms with Gasteiger partial charge in [0, 0.05) is 12.8 Å². The van der Waals surface area contributed by atoms with Crippen LogP contribution in [0.4, 0.5) is 0 Å². The van der Waals surface area contributed by atoms with E-state index in [1.165, 1.54) is 44.9 Å². The number of fused-ring (bicyclic) bond motifs is 5. The van der Waals surface area contributed by atoms with Crippen molar-refractivity contribution in [1.29, 1.82) is 0 Å². The Hall–Kier alpha value is -0.830. The van der Waals surface area contributed by atoms with Crippen LogP contribution in [0.5, 0.6) is 0 Å². The van der Waals surface area contributed by atoms with Crippen LogP contribution in [-0.4, -0.2) is 23.3 Å². The second kappa shape index (κ2) is 9.67. The lowest BCUT2D eigenvalue weighted by atomic mass is 9.47. The number of rotatable bonds is 7. The molecule has 9 atom stereocenters. The van der Waals surface area contributed by atoms with E-state index in [0.717, 1.165) is 42.9 Å². The van der Waals surface area contributed by atoms with Crippen LogP contribution < -0.4 is 0 Å². The summed E-state index contributed by atoms with van der Waals surface area (Å²) in [7, 11) is 0. The van der Waals surface area contributed by atoms with Gasteiger partial charge < -0.3 is 9.84 Å². The van der Waals surface area contributed by atoms with Crippen molar-refractivity contribution in [2.45, 2.75) is 124 Å². The molecule has 0 aromatic carbocycles. The summed E-state index contributed by atoms with van der Waals surface area (Å²) in [6, 6.07) is 0. The van der Waals surface area contributed by atoms with E-state index in [0.29, 0.717) is 29.1 Å². The lowest BCUT2D eigenvalue weighted by Crippen LogP contribution is -2.51. The molecule has 0 radical (unpaired) electrons. The van der Waals surface area contributed by atoms with Crippen molar-refractivity contribution >= 4 is 5.97 Å². The first kappa shape index (κ1) is 25.3. The third kappa shape index (κ3) is 4.57. The monoisotopic (exact) mass is 458 g/mol. The first-order chi connectivity index (χ1) is 15.6. The molecule has 0 aromatic heterocycles. The summed E-state index contributed by atoms with van der Waals surface area (Å²) in [5.74, 6) is 4.32. The molecular weight excluding hydrogens is 408 g/mol. The number of carbonyl (C=O) groups excluding carboxylic acids is 1. The summed E-state index contributed by atoms with van der Waals surface area (Å²) < 4.78 is 5.75. The molecule has 188 valence electrons. The molecule has 0 bridgehead atoms. The Balaban J connectivity index is 1.45. The fraction of sp³-hybridized carbons (Fsp3) is 0.900. The Kier molecular flexibility index (Phi) is 7.40. The molecule has 0 aromatic rings. The van der Waals surface area contributed by atoms with Gasteiger partial charge in [-0.25, -0.2) is 0 Å². The van der Waals surface area contributed by atoms with Gasteiger partial charge in [-0.05, 0) is 104 Å². The van der Waals surface area contributed by atoms with Gasteiger partial charge in [0.05, 0.1) is 6.10 Å². The minimum atomic E-state index is -0.151. The molecule has 4 rings (SSSR count). The quantitative estimate of drug-likeness (QED) is 0.321. The van der Waals surface area contributed by atoms with E-state index < -0.39 is 0 Å². The minimum absolute atomic E-state index is 0.0432. The van der Waals surface area contributed by atoms with Crippen LogP contribution in [0.25, 0.3) is 0 Å². The zero-order valence-electron chi connectivity index (χ0n) is 22.2. The summed E-state index contributed by atoms with van der Waals surface area (Å²) in [4.78, 5) is 11.9. The third-order valence-corrected chi connectivity index (χ3v) is 11.1. The van der Waals surface area contributed by atoms with Crippen molar-refractivity contribution in [2.24, 2.45) is 46.3 Å². The second-order valence-electron chi connectivity index (χ2n) is 13.1. The van der Waals surface area contributed by atoms with Gasteiger partial charge in [-0.1, -0.05) is 53.2 Å². The van der Waals surface area contributed by atoms with Crippen molar-refractivity contribution in [3.63, 3.8) is 0 Å². The lowest BCUT2D eigenvalue weighted by Gasteiger charge is -2.58. The Labute approximate surface area is 203 Å². The molecule has 0 heterocycles. The molecule has 0 spiro atoms. The summed E-state index contributed by atoms with van der Waals surface area (Å²) >= 11 is 0. The van der Waals surface area contributed by atoms with Crippen LogP contribution in [-0.2, 0) is 9.53 Å². The van der Waals surface area contributed by atoms with E-state index in [-0.39, 0.29) is 18.2 Å². The molecule has 0 saturated heterocycles. The highest BCUT2D eigenvalue weighted by atomic mass is 16.5. The maximum Gasteiger partial charge on any atom is 0.305 e. The highest BCUT2D eigenvalue weighted by molar-refractivity contribution is 5.69. The second-order valence-corrected chi connectivity index (χ2v) is 13.1. The fourth-order valence-electron chi connectivity index (χ4n) is 8.94. The number of allylic oxidation sites excluding steroid dienone is 1. The van der Waals surface area contributed by atoms with Gasteiger partial charge in [0.25, 0.3) is 0 Å². The van der Waals surface area contributed by atoms with Crippen LogP contribution in [0.3, 0.4) is 0 Å². The Morgan fingerprint density at radius 3 is 2.55 bits per heavy atom. The van der Waals surface area contributed by atoms with Gasteiger partial charge >= 0.3 is 5.97 Å². The SMILES string of the molecule is CCC(=O)O[C@H]1CC[C@@]2(C)C(=CC[C@H]3[C@@H]4CC[C@H]([C@H](C)CCC(O)C(C)C)[C@@]4(C)CC[C@@H]32)C1. The van der Waals surface area contributed by atoms with Crippen molar-refractivity contribution < 1.29 is 14.6 Å². The Morgan fingerprint density at radius 2 is 1.85 bits per heavy atom. The van der Waals surface area contributed by atoms with E-state index in [1.807, 2.05) is 6.92 Å². The third-order valence-electron chi connectivity index (χ3n) is 11.1. The Bertz CT molecular complexity index is 741. The zero-order chi connectivity index (χ0) is 24.0. The first-order valence-corrected chi connectivity index (χ1v) is 14.2. The molecular formula is C30H50O3. The van der Waals surface area contributed by atoms with Gasteiger partial charge in [0.15, 0.2) is 0 Å². The average molecular weight is 459 g/mol. The van der Waals surface area contributed by atoms with E-state index in [2.05, 4.69) is 40.7 Å². The molecule has 1 N–H and O–H groups in total. The van der Waals surface area contributed by atoms with Crippen LogP contribution in [0.2, 0.25) is 0 Å². The number of esters is 1. The van der Waals surface area contributed by atoms with Crippen LogP contribution in [0.1, 0.15) is 112 Å². The number of aliphatic hydroxyl groups excluding tert-OH is 1. The van der Waals surface area contributed by atoms with Gasteiger partial charge in [0.2, 0.25) is 0 Å². The average Bonchev–Trinajstić information content (AvgIpc) is 3.14. The van der Waals surface area contributed by atoms with Crippen LogP contribution in [0, 0.1) is 46.3 Å². The van der Waals surface area contributed by atoms with E-state index >= 15 is 0 Å². The highest BCUT2D eigenvalue weighted by Gasteiger charge is 2.59. The predicted molar refractivity (Wildman–Crippen MR) is 135 cm³/mol. The van der Waals surface area contributed by atoms with Crippen molar-refractivity contribution in [2.75, 3.05) is 0 Å². The molecule has 3 fully saturated rings. The number of aliphatic hydroxyl groups is 1. The fourth-order valence-corrected chi connectivity index (χ4v) is 8.94. The van der Waals surface area contributed by atoms with Gasteiger partial charge in [-0.15, -0.1) is 0 Å². The molecule has 33 heavy (non-hydrogen) atoms. The summed E-state index contributed by atoms with van der Waals surface area (Å²) in [5.41, 5.74) is 2.38. The standard InChI is InChI=1S/C30H50O3/c1-7-28(32)33-22-14-16-29(5)21(18-22)9-10-23-25-12-11-24(30(25,6)17-15-26(23)29)20(4)8-13-27(31)19(2)3/h9,19-20,22-27,31H,7-8,10-18H2,1-6H3/t20-,22+,23+,24-,25+,26+,27?,29+,30-/m1/s1. The smallest absolute Gasteiger partial charge is 0.305 e. The number of hydrogen-bond acceptors (Lipinski definition) is 3. The molecule has 3 saturated carbocycles. The molecule has 4 aliphatic carbocycles. The molecule has 3 heteroatoms. The molecule has 3 nitrogen and oxygen atoms in total. The van der Waals surface area contributed by atoms with Crippen LogP contribution in [0.15, 0.2) is 11.6 Å². The van der Waals surface area contributed by atoms with Crippen molar-refractivity contribution in [3.8, 4) is 0 Å². The van der Waals surface area contributed by atoms with E-state index in [1.54, 1.807) is 5.57 Å². The van der Waals surface area contributed by atoms with E-state index in [4.69, 9.17) is 4.74 Å². The molecule has 0 aliphatic heterocycles. The number of hydrogen-bond donors (Lipinski definition) is 1. The summed E-state index contributed by atoms with van der Waals surface area (Å²) in [6.45, 7) is 13.8. The predicted octanol–water partition coefficient (Wildman–Crippen LogP) is 7.32. The largest absolute Gasteiger partial charge is 0.462 e.